The smallest absolute Gasteiger partial charge is 0.258 e. The number of aryl methyl sites for hydroxylation is 1. The highest BCUT2D eigenvalue weighted by Gasteiger charge is 2.27. The second-order valence-electron chi connectivity index (χ2n) is 9.00. The van der Waals surface area contributed by atoms with Gasteiger partial charge in [-0.2, -0.15) is 0 Å². The number of nitrogens with two attached hydrogens (primary N) is 1. The number of piperidine rings is 1. The van der Waals surface area contributed by atoms with Crippen LogP contribution in [0.2, 0.25) is 0 Å². The van der Waals surface area contributed by atoms with Crippen LogP contribution >= 0.6 is 0 Å². The molecular formula is C26H29N7O2. The molecule has 2 aliphatic heterocycles. The fourth-order valence-corrected chi connectivity index (χ4v) is 4.75. The molecule has 2 aliphatic rings. The predicted octanol–water partition coefficient (Wildman–Crippen LogP) is 2.13. The largest absolute Gasteiger partial charge is 0.372 e. The van der Waals surface area contributed by atoms with Gasteiger partial charge in [0, 0.05) is 50.1 Å². The summed E-state index contributed by atoms with van der Waals surface area (Å²) in [4.78, 5) is 43.0. The zero-order valence-electron chi connectivity index (χ0n) is 19.5. The van der Waals surface area contributed by atoms with Crippen molar-refractivity contribution < 1.29 is 4.79 Å². The Hall–Kier alpha value is -3.85. The molecule has 1 aromatic carbocycles. The summed E-state index contributed by atoms with van der Waals surface area (Å²) in [5, 5.41) is 3.81. The molecule has 1 fully saturated rings. The van der Waals surface area contributed by atoms with Crippen LogP contribution in [-0.2, 0) is 11.2 Å². The molecule has 2 aromatic heterocycles. The van der Waals surface area contributed by atoms with Crippen LogP contribution in [0.5, 0.6) is 0 Å². The van der Waals surface area contributed by atoms with Crippen molar-refractivity contribution in [3.63, 3.8) is 0 Å². The lowest BCUT2D eigenvalue weighted by atomic mass is 9.86. The average Bonchev–Trinajstić information content (AvgIpc) is 2.89. The van der Waals surface area contributed by atoms with Gasteiger partial charge in [0.15, 0.2) is 5.82 Å². The van der Waals surface area contributed by atoms with Gasteiger partial charge in [-0.3, -0.25) is 9.59 Å². The number of aromatic nitrogens is 4. The van der Waals surface area contributed by atoms with Crippen LogP contribution in [0.3, 0.4) is 0 Å². The molecule has 1 saturated heterocycles. The maximum absolute atomic E-state index is 12.8. The first-order valence-electron chi connectivity index (χ1n) is 12.0. The number of carbonyl (C=O) groups excluding carboxylic acids is 1. The van der Waals surface area contributed by atoms with E-state index in [1.165, 1.54) is 5.57 Å². The summed E-state index contributed by atoms with van der Waals surface area (Å²) in [6, 6.07) is 9.07. The van der Waals surface area contributed by atoms with Crippen LogP contribution in [0.25, 0.3) is 16.5 Å². The number of nitrogens with one attached hydrogen (secondary N) is 2. The SMILES string of the molecule is NC1NC=C(C2CCN(C(=O)CCCc3nc4ccccc4c(=O)[nH]3)CC2)C=C1c1ncccn1. The Kier molecular flexibility index (Phi) is 6.67. The van der Waals surface area contributed by atoms with E-state index in [1.54, 1.807) is 24.5 Å². The van der Waals surface area contributed by atoms with Gasteiger partial charge in [-0.05, 0) is 55.0 Å². The van der Waals surface area contributed by atoms with Gasteiger partial charge in [-0.25, -0.2) is 15.0 Å². The molecule has 0 saturated carbocycles. The molecule has 35 heavy (non-hydrogen) atoms. The average molecular weight is 472 g/mol. The molecule has 0 aliphatic carbocycles. The van der Waals surface area contributed by atoms with E-state index < -0.39 is 0 Å². The number of hydrogen-bond acceptors (Lipinski definition) is 7. The van der Waals surface area contributed by atoms with Crippen molar-refractivity contribution in [2.75, 3.05) is 13.1 Å². The number of rotatable bonds is 6. The minimum atomic E-state index is -0.338. The number of nitrogens with zero attached hydrogens (tertiary/aromatic N) is 4. The van der Waals surface area contributed by atoms with E-state index in [0.29, 0.717) is 47.7 Å². The molecule has 4 N–H and O–H groups in total. The molecule has 0 spiro atoms. The summed E-state index contributed by atoms with van der Waals surface area (Å²) >= 11 is 0. The summed E-state index contributed by atoms with van der Waals surface area (Å²) in [5.41, 5.74) is 8.81. The van der Waals surface area contributed by atoms with E-state index in [9.17, 15) is 9.59 Å². The summed E-state index contributed by atoms with van der Waals surface area (Å²) in [6.07, 6.45) is 10.6. The van der Waals surface area contributed by atoms with E-state index in [2.05, 4.69) is 31.3 Å². The van der Waals surface area contributed by atoms with Crippen molar-refractivity contribution in [2.24, 2.45) is 11.7 Å². The molecule has 180 valence electrons. The van der Waals surface area contributed by atoms with E-state index in [4.69, 9.17) is 5.73 Å². The molecule has 9 heteroatoms. The van der Waals surface area contributed by atoms with Gasteiger partial charge in [-0.15, -0.1) is 0 Å². The number of aromatic amines is 1. The van der Waals surface area contributed by atoms with Crippen LogP contribution < -0.4 is 16.6 Å². The first-order chi connectivity index (χ1) is 17.1. The van der Waals surface area contributed by atoms with Gasteiger partial charge in [0.05, 0.1) is 10.9 Å². The lowest BCUT2D eigenvalue weighted by Gasteiger charge is -2.34. The number of amides is 1. The number of allylic oxidation sites excluding steroid dienone is 2. The Morgan fingerprint density at radius 1 is 1.11 bits per heavy atom. The minimum absolute atomic E-state index is 0.137. The summed E-state index contributed by atoms with van der Waals surface area (Å²) in [5.74, 6) is 1.76. The van der Waals surface area contributed by atoms with Gasteiger partial charge >= 0.3 is 0 Å². The van der Waals surface area contributed by atoms with E-state index >= 15 is 0 Å². The molecule has 4 heterocycles. The van der Waals surface area contributed by atoms with Crippen LogP contribution in [-0.4, -0.2) is 50.0 Å². The summed E-state index contributed by atoms with van der Waals surface area (Å²) in [7, 11) is 0. The maximum Gasteiger partial charge on any atom is 0.258 e. The van der Waals surface area contributed by atoms with Gasteiger partial charge in [0.1, 0.15) is 12.0 Å². The third-order valence-electron chi connectivity index (χ3n) is 6.70. The number of dihydropyridines is 1. The molecular weight excluding hydrogens is 442 g/mol. The lowest BCUT2D eigenvalue weighted by molar-refractivity contribution is -0.132. The van der Waals surface area contributed by atoms with Crippen molar-refractivity contribution in [1.29, 1.82) is 0 Å². The molecule has 0 radical (unpaired) electrons. The number of hydrogen-bond donors (Lipinski definition) is 3. The molecule has 1 unspecified atom stereocenters. The maximum atomic E-state index is 12.8. The third kappa shape index (κ3) is 5.14. The first kappa shape index (κ1) is 22.9. The number of benzene rings is 1. The van der Waals surface area contributed by atoms with Gasteiger partial charge in [-0.1, -0.05) is 12.1 Å². The Morgan fingerprint density at radius 2 is 1.89 bits per heavy atom. The summed E-state index contributed by atoms with van der Waals surface area (Å²) in [6.45, 7) is 1.45. The van der Waals surface area contributed by atoms with E-state index in [1.807, 2.05) is 29.3 Å². The van der Waals surface area contributed by atoms with Crippen molar-refractivity contribution in [1.82, 2.24) is 30.2 Å². The number of fused-ring (bicyclic) bond motifs is 1. The fourth-order valence-electron chi connectivity index (χ4n) is 4.75. The highest BCUT2D eigenvalue weighted by molar-refractivity contribution is 5.77. The topological polar surface area (TPSA) is 130 Å². The number of H-pyrrole nitrogens is 1. The Bertz CT molecular complexity index is 1320. The van der Waals surface area contributed by atoms with Crippen LogP contribution in [0.1, 0.15) is 37.3 Å². The zero-order valence-corrected chi connectivity index (χ0v) is 19.5. The number of carbonyl (C=O) groups is 1. The molecule has 3 aromatic rings. The zero-order chi connectivity index (χ0) is 24.2. The molecule has 5 rings (SSSR count). The van der Waals surface area contributed by atoms with E-state index in [0.717, 1.165) is 31.5 Å². The van der Waals surface area contributed by atoms with Gasteiger partial charge in [0.2, 0.25) is 5.91 Å². The van der Waals surface area contributed by atoms with Crippen molar-refractivity contribution in [3.8, 4) is 0 Å². The Labute approximate surface area is 203 Å². The molecule has 1 atom stereocenters. The first-order valence-corrected chi connectivity index (χ1v) is 12.0. The van der Waals surface area contributed by atoms with Crippen molar-refractivity contribution in [3.05, 3.63) is 82.6 Å². The van der Waals surface area contributed by atoms with Crippen molar-refractivity contribution >= 4 is 22.4 Å². The Balaban J connectivity index is 1.13. The van der Waals surface area contributed by atoms with Crippen molar-refractivity contribution in [2.45, 2.75) is 38.3 Å². The van der Waals surface area contributed by atoms with Crippen LogP contribution in [0.15, 0.2) is 65.4 Å². The normalized spacial score (nSPS) is 18.7. The van der Waals surface area contributed by atoms with E-state index in [-0.39, 0.29) is 17.6 Å². The second-order valence-corrected chi connectivity index (χ2v) is 9.00. The predicted molar refractivity (Wildman–Crippen MR) is 134 cm³/mol. The molecule has 9 nitrogen and oxygen atoms in total. The third-order valence-corrected chi connectivity index (χ3v) is 6.70. The highest BCUT2D eigenvalue weighted by Crippen LogP contribution is 2.30. The van der Waals surface area contributed by atoms with Gasteiger partial charge < -0.3 is 20.9 Å². The Morgan fingerprint density at radius 3 is 2.69 bits per heavy atom. The number of likely N-dealkylation sites (tertiary alicyclic amines) is 1. The standard InChI is InChI=1S/C26H29N7O2/c27-24-20(25-28-11-4-12-29-25)15-18(16-30-24)17-9-13-33(14-10-17)23(34)8-3-7-22-31-21-6-2-1-5-19(21)26(35)32-22/h1-2,4-6,11-12,15-17,24,30H,3,7-10,13-14,27H2,(H,31,32,35). The number of para-hydroxylation sites is 1. The molecule has 0 bridgehead atoms. The fraction of sp³-hybridized carbons (Fsp3) is 0.346. The van der Waals surface area contributed by atoms with Gasteiger partial charge in [0.25, 0.3) is 5.56 Å². The van der Waals surface area contributed by atoms with Crippen LogP contribution in [0, 0.1) is 5.92 Å². The lowest BCUT2D eigenvalue weighted by Crippen LogP contribution is -2.41. The second kappa shape index (κ2) is 10.2. The molecule has 1 amide bonds. The monoisotopic (exact) mass is 471 g/mol. The van der Waals surface area contributed by atoms with Crippen LogP contribution in [0.4, 0.5) is 0 Å². The minimum Gasteiger partial charge on any atom is -0.372 e. The summed E-state index contributed by atoms with van der Waals surface area (Å²) < 4.78 is 0. The highest BCUT2D eigenvalue weighted by atomic mass is 16.2. The quantitative estimate of drug-likeness (QED) is 0.502.